The lowest BCUT2D eigenvalue weighted by Gasteiger charge is -2.27. The highest BCUT2D eigenvalue weighted by Gasteiger charge is 2.32. The highest BCUT2D eigenvalue weighted by atomic mass is 35.5. The number of nitriles is 1. The van der Waals surface area contributed by atoms with Crippen molar-refractivity contribution in [3.63, 3.8) is 0 Å². The van der Waals surface area contributed by atoms with E-state index in [1.165, 1.54) is 6.07 Å². The molecular weight excluding hydrogens is 480 g/mol. The molecule has 2 N–H and O–H groups in total. The van der Waals surface area contributed by atoms with E-state index in [4.69, 9.17) is 36.3 Å². The Morgan fingerprint density at radius 2 is 1.92 bits per heavy atom. The fourth-order valence-electron chi connectivity index (χ4n) is 3.93. The second-order valence-corrected chi connectivity index (χ2v) is 8.45. The van der Waals surface area contributed by atoms with Crippen LogP contribution in [-0.2, 0) is 0 Å². The van der Waals surface area contributed by atoms with Gasteiger partial charge in [-0.25, -0.2) is 4.79 Å². The number of ether oxygens (including phenoxy) is 4. The summed E-state index contributed by atoms with van der Waals surface area (Å²) in [6.45, 7) is 4.94. The number of benzene rings is 3. The van der Waals surface area contributed by atoms with Crippen LogP contribution in [0.3, 0.4) is 0 Å². The largest absolute Gasteiger partial charge is 0.490 e. The molecule has 0 fully saturated rings. The number of carbonyl (C=O) groups excluding carboxylic acids is 1. The number of hydrogen-bond donors (Lipinski definition) is 1. The lowest BCUT2D eigenvalue weighted by Crippen LogP contribution is -2.21. The number of halogens is 1. The van der Waals surface area contributed by atoms with Crippen LogP contribution < -0.4 is 24.7 Å². The van der Waals surface area contributed by atoms with E-state index < -0.39 is 11.9 Å². The Morgan fingerprint density at radius 3 is 2.64 bits per heavy atom. The third kappa shape index (κ3) is 5.24. The molecule has 3 aromatic rings. The van der Waals surface area contributed by atoms with Crippen LogP contribution in [-0.4, -0.2) is 19.2 Å². The predicted octanol–water partition coefficient (Wildman–Crippen LogP) is 5.96. The molecule has 0 spiro atoms. The molecule has 184 valence electrons. The van der Waals surface area contributed by atoms with Crippen molar-refractivity contribution in [2.75, 3.05) is 13.2 Å². The summed E-state index contributed by atoms with van der Waals surface area (Å²) in [6, 6.07) is 19.2. The van der Waals surface area contributed by atoms with Crippen LogP contribution in [0.2, 0.25) is 5.02 Å². The van der Waals surface area contributed by atoms with E-state index in [2.05, 4.69) is 6.07 Å². The normalized spacial score (nSPS) is 14.3. The molecule has 0 amide bonds. The van der Waals surface area contributed by atoms with Gasteiger partial charge in [-0.2, -0.15) is 5.26 Å². The Bertz CT molecular complexity index is 1360. The second-order valence-electron chi connectivity index (χ2n) is 8.01. The Morgan fingerprint density at radius 1 is 1.08 bits per heavy atom. The molecule has 0 aromatic heterocycles. The van der Waals surface area contributed by atoms with Crippen molar-refractivity contribution in [1.82, 2.24) is 0 Å². The molecule has 1 atom stereocenters. The summed E-state index contributed by atoms with van der Waals surface area (Å²) in [5, 5.41) is 10.3. The zero-order valence-corrected chi connectivity index (χ0v) is 20.7. The van der Waals surface area contributed by atoms with E-state index in [0.717, 1.165) is 12.0 Å². The number of allylic oxidation sites excluding steroid dienone is 1. The van der Waals surface area contributed by atoms with E-state index >= 15 is 0 Å². The Labute approximate surface area is 214 Å². The lowest BCUT2D eigenvalue weighted by atomic mass is 9.83. The van der Waals surface area contributed by atoms with Gasteiger partial charge >= 0.3 is 5.97 Å². The van der Waals surface area contributed by atoms with Gasteiger partial charge in [0.1, 0.15) is 23.1 Å². The van der Waals surface area contributed by atoms with Gasteiger partial charge in [-0.1, -0.05) is 36.7 Å². The zero-order valence-electron chi connectivity index (χ0n) is 19.9. The van der Waals surface area contributed by atoms with Gasteiger partial charge in [0.05, 0.1) is 24.7 Å². The number of rotatable bonds is 8. The maximum Gasteiger partial charge on any atom is 0.343 e. The van der Waals surface area contributed by atoms with Crippen molar-refractivity contribution in [1.29, 1.82) is 5.26 Å². The molecule has 1 heterocycles. The predicted molar refractivity (Wildman–Crippen MR) is 136 cm³/mol. The number of carbonyl (C=O) groups is 1. The molecule has 36 heavy (non-hydrogen) atoms. The molecule has 8 heteroatoms. The van der Waals surface area contributed by atoms with Crippen molar-refractivity contribution in [3.05, 3.63) is 93.8 Å². The number of nitrogens with two attached hydrogens (primary N) is 1. The minimum Gasteiger partial charge on any atom is -0.490 e. The van der Waals surface area contributed by atoms with Crippen LogP contribution in [0.4, 0.5) is 0 Å². The molecule has 1 aliphatic rings. The minimum atomic E-state index is -0.560. The first-order valence-electron chi connectivity index (χ1n) is 11.5. The molecule has 0 radical (unpaired) electrons. The molecule has 4 rings (SSSR count). The molecule has 0 saturated carbocycles. The van der Waals surface area contributed by atoms with Crippen molar-refractivity contribution < 1.29 is 23.7 Å². The Hall–Kier alpha value is -4.15. The summed E-state index contributed by atoms with van der Waals surface area (Å²) >= 11 is 5.98. The first-order chi connectivity index (χ1) is 17.4. The Balaban J connectivity index is 1.70. The smallest absolute Gasteiger partial charge is 0.343 e. The maximum absolute atomic E-state index is 12.6. The summed E-state index contributed by atoms with van der Waals surface area (Å²) in [4.78, 5) is 12.6. The lowest BCUT2D eigenvalue weighted by molar-refractivity contribution is 0.0734. The number of nitrogens with zero attached hydrogens (tertiary/aromatic N) is 1. The maximum atomic E-state index is 12.6. The van der Waals surface area contributed by atoms with Crippen LogP contribution >= 0.6 is 11.6 Å². The van der Waals surface area contributed by atoms with Crippen molar-refractivity contribution >= 4 is 17.6 Å². The van der Waals surface area contributed by atoms with E-state index in [1.54, 1.807) is 36.4 Å². The minimum absolute atomic E-state index is 0.0161. The van der Waals surface area contributed by atoms with Crippen LogP contribution in [0.25, 0.3) is 0 Å². The van der Waals surface area contributed by atoms with Crippen molar-refractivity contribution in [2.45, 2.75) is 26.2 Å². The highest BCUT2D eigenvalue weighted by molar-refractivity contribution is 6.30. The molecule has 7 nitrogen and oxygen atoms in total. The van der Waals surface area contributed by atoms with Gasteiger partial charge < -0.3 is 24.7 Å². The van der Waals surface area contributed by atoms with E-state index in [0.29, 0.717) is 46.6 Å². The fraction of sp³-hybridized carbons (Fsp3) is 0.214. The summed E-state index contributed by atoms with van der Waals surface area (Å²) in [6.07, 6.45) is 0.864. The van der Waals surface area contributed by atoms with E-state index in [9.17, 15) is 10.1 Å². The second kappa shape index (κ2) is 11.1. The molecule has 0 saturated heterocycles. The molecule has 1 unspecified atom stereocenters. The topological polar surface area (TPSA) is 104 Å². The van der Waals surface area contributed by atoms with Gasteiger partial charge in [0.2, 0.25) is 5.88 Å². The highest BCUT2D eigenvalue weighted by Crippen LogP contribution is 2.45. The summed E-state index contributed by atoms with van der Waals surface area (Å²) in [7, 11) is 0. The first-order valence-corrected chi connectivity index (χ1v) is 11.9. The fourth-order valence-corrected chi connectivity index (χ4v) is 4.12. The van der Waals surface area contributed by atoms with Gasteiger partial charge in [-0.05, 0) is 55.3 Å². The molecule has 0 aliphatic carbocycles. The third-order valence-corrected chi connectivity index (χ3v) is 5.76. The van der Waals surface area contributed by atoms with E-state index in [-0.39, 0.29) is 17.2 Å². The van der Waals surface area contributed by atoms with E-state index in [1.807, 2.05) is 32.0 Å². The first kappa shape index (κ1) is 25.0. The quantitative estimate of drug-likeness (QED) is 0.298. The van der Waals surface area contributed by atoms with Gasteiger partial charge in [-0.3, -0.25) is 0 Å². The number of esters is 1. The van der Waals surface area contributed by atoms with Crippen LogP contribution in [0, 0.1) is 11.3 Å². The van der Waals surface area contributed by atoms with Crippen LogP contribution in [0.15, 0.2) is 72.1 Å². The molecule has 3 aromatic carbocycles. The van der Waals surface area contributed by atoms with Gasteiger partial charge in [0.25, 0.3) is 0 Å². The standard InChI is InChI=1S/C28H25ClN2O5/c1-3-12-34-23-11-8-17(14-25(23)33-4-2)26-21-10-9-20(15-24(21)36-27(31)22(26)16-30)35-28(32)18-6-5-7-19(29)13-18/h5-11,13-15,26H,3-4,12,31H2,1-2H3. The zero-order chi connectivity index (χ0) is 25.7. The van der Waals surface area contributed by atoms with Crippen LogP contribution in [0.1, 0.15) is 47.7 Å². The summed E-state index contributed by atoms with van der Waals surface area (Å²) < 4.78 is 22.9. The number of fused-ring (bicyclic) bond motifs is 1. The van der Waals surface area contributed by atoms with Crippen LogP contribution in [0.5, 0.6) is 23.0 Å². The van der Waals surface area contributed by atoms with Crippen molar-refractivity contribution in [3.8, 4) is 29.1 Å². The summed E-state index contributed by atoms with van der Waals surface area (Å²) in [5.74, 6) is 0.789. The SMILES string of the molecule is CCCOc1ccc(C2C(C#N)=C(N)Oc3cc(OC(=O)c4cccc(Cl)c4)ccc32)cc1OCC. The molecule has 0 bridgehead atoms. The average molecular weight is 505 g/mol. The van der Waals surface area contributed by atoms with Gasteiger partial charge in [0.15, 0.2) is 11.5 Å². The molecular formula is C28H25ClN2O5. The van der Waals surface area contributed by atoms with Gasteiger partial charge in [0, 0.05) is 16.7 Å². The number of hydrogen-bond acceptors (Lipinski definition) is 7. The summed E-state index contributed by atoms with van der Waals surface area (Å²) in [5.41, 5.74) is 8.22. The monoisotopic (exact) mass is 504 g/mol. The van der Waals surface area contributed by atoms with Crippen molar-refractivity contribution in [2.24, 2.45) is 5.73 Å². The average Bonchev–Trinajstić information content (AvgIpc) is 2.87. The molecule has 1 aliphatic heterocycles. The van der Waals surface area contributed by atoms with Gasteiger partial charge in [-0.15, -0.1) is 0 Å². The third-order valence-electron chi connectivity index (χ3n) is 5.52. The Kier molecular flexibility index (Phi) is 7.67.